The van der Waals surface area contributed by atoms with Gasteiger partial charge in [-0.25, -0.2) is 0 Å². The fourth-order valence-electron chi connectivity index (χ4n) is 1.72. The third kappa shape index (κ3) is 3.66. The van der Waals surface area contributed by atoms with Crippen molar-refractivity contribution in [1.29, 1.82) is 0 Å². The Morgan fingerprint density at radius 2 is 1.91 bits per heavy atom. The number of benzene rings is 1. The van der Waals surface area contributed by atoms with E-state index in [-0.39, 0.29) is 24.0 Å². The number of nitrogens with zero attached hydrogens (tertiary/aromatic N) is 1. The first-order valence-electron chi connectivity index (χ1n) is 6.61. The molecule has 6 heteroatoms. The highest BCUT2D eigenvalue weighted by Crippen LogP contribution is 2.14. The zero-order valence-corrected chi connectivity index (χ0v) is 12.7. The van der Waals surface area contributed by atoms with Crippen molar-refractivity contribution in [3.8, 4) is 11.5 Å². The van der Waals surface area contributed by atoms with Crippen LogP contribution in [-0.4, -0.2) is 32.0 Å². The Balaban J connectivity index is 2.07. The second-order valence-corrected chi connectivity index (χ2v) is 4.81. The van der Waals surface area contributed by atoms with Crippen LogP contribution in [0.25, 0.3) is 0 Å². The van der Waals surface area contributed by atoms with Gasteiger partial charge in [0.25, 0.3) is 5.91 Å². The average molecular weight is 303 g/mol. The fraction of sp³-hybridized carbons (Fsp3) is 0.250. The van der Waals surface area contributed by atoms with E-state index in [0.717, 1.165) is 23.6 Å². The highest BCUT2D eigenvalue weighted by Gasteiger charge is 2.13. The first-order valence-corrected chi connectivity index (χ1v) is 6.61. The summed E-state index contributed by atoms with van der Waals surface area (Å²) in [5.74, 6) is 0.409. The first kappa shape index (κ1) is 15.6. The molecule has 0 spiro atoms. The quantitative estimate of drug-likeness (QED) is 0.844. The predicted molar refractivity (Wildman–Crippen MR) is 80.3 cm³/mol. The number of rotatable bonds is 5. The zero-order valence-electron chi connectivity index (χ0n) is 12.7. The van der Waals surface area contributed by atoms with E-state index in [4.69, 9.17) is 13.9 Å². The molecule has 0 aliphatic carbocycles. The molecule has 1 amide bonds. The monoisotopic (exact) mass is 303 g/mol. The van der Waals surface area contributed by atoms with Crippen LogP contribution in [0.4, 0.5) is 0 Å². The van der Waals surface area contributed by atoms with Crippen LogP contribution in [0.5, 0.6) is 11.5 Å². The molecule has 2 aromatic rings. The van der Waals surface area contributed by atoms with Gasteiger partial charge < -0.3 is 18.8 Å². The molecule has 1 aromatic heterocycles. The lowest BCUT2D eigenvalue weighted by molar-refractivity contribution is 0.0793. The minimum Gasteiger partial charge on any atom is -0.497 e. The summed E-state index contributed by atoms with van der Waals surface area (Å²) in [4.78, 5) is 24.9. The lowest BCUT2D eigenvalue weighted by Crippen LogP contribution is -2.23. The SMILES string of the molecule is COc1ccc(COc2coc(C(=O)N(C)C)cc2=O)cc1. The van der Waals surface area contributed by atoms with E-state index in [1.165, 1.54) is 4.90 Å². The van der Waals surface area contributed by atoms with E-state index < -0.39 is 5.43 Å². The zero-order chi connectivity index (χ0) is 16.1. The van der Waals surface area contributed by atoms with Gasteiger partial charge >= 0.3 is 0 Å². The predicted octanol–water partition coefficient (Wildman–Crippen LogP) is 1.93. The molecule has 0 saturated carbocycles. The molecule has 0 N–H and O–H groups in total. The molecule has 6 nitrogen and oxygen atoms in total. The molecular weight excluding hydrogens is 286 g/mol. The third-order valence-electron chi connectivity index (χ3n) is 2.97. The maximum Gasteiger partial charge on any atom is 0.289 e. The molecule has 0 saturated heterocycles. The number of amides is 1. The van der Waals surface area contributed by atoms with Gasteiger partial charge in [-0.2, -0.15) is 0 Å². The Hall–Kier alpha value is -2.76. The summed E-state index contributed by atoms with van der Waals surface area (Å²) in [6.07, 6.45) is 1.16. The first-order chi connectivity index (χ1) is 10.5. The maximum atomic E-state index is 11.9. The summed E-state index contributed by atoms with van der Waals surface area (Å²) in [5.41, 5.74) is 0.485. The summed E-state index contributed by atoms with van der Waals surface area (Å²) in [5, 5.41) is 0. The summed E-state index contributed by atoms with van der Waals surface area (Å²) >= 11 is 0. The molecule has 0 unspecified atom stereocenters. The van der Waals surface area contributed by atoms with Gasteiger partial charge in [-0.1, -0.05) is 12.1 Å². The maximum absolute atomic E-state index is 11.9. The molecular formula is C16H17NO5. The van der Waals surface area contributed by atoms with Crippen molar-refractivity contribution in [3.63, 3.8) is 0 Å². The molecule has 0 radical (unpaired) electrons. The molecule has 0 atom stereocenters. The normalized spacial score (nSPS) is 10.1. The van der Waals surface area contributed by atoms with Crippen molar-refractivity contribution in [2.45, 2.75) is 6.61 Å². The van der Waals surface area contributed by atoms with Gasteiger partial charge in [-0.05, 0) is 17.7 Å². The standard InChI is InChI=1S/C16H17NO5/c1-17(2)16(19)14-8-13(18)15(10-22-14)21-9-11-4-6-12(20-3)7-5-11/h4-8,10H,9H2,1-3H3. The number of carbonyl (C=O) groups excluding carboxylic acids is 1. The molecule has 0 bridgehead atoms. The van der Waals surface area contributed by atoms with E-state index in [9.17, 15) is 9.59 Å². The number of ether oxygens (including phenoxy) is 2. The van der Waals surface area contributed by atoms with Crippen molar-refractivity contribution in [1.82, 2.24) is 4.90 Å². The molecule has 1 aromatic carbocycles. The molecule has 0 fully saturated rings. The van der Waals surface area contributed by atoms with Crippen LogP contribution in [0.1, 0.15) is 16.1 Å². The van der Waals surface area contributed by atoms with Crippen molar-refractivity contribution < 1.29 is 18.7 Å². The highest BCUT2D eigenvalue weighted by molar-refractivity contribution is 5.90. The third-order valence-corrected chi connectivity index (χ3v) is 2.97. The summed E-state index contributed by atoms with van der Waals surface area (Å²) in [6.45, 7) is 0.218. The van der Waals surface area contributed by atoms with E-state index in [2.05, 4.69) is 0 Å². The van der Waals surface area contributed by atoms with Crippen LogP contribution in [-0.2, 0) is 6.61 Å². The van der Waals surface area contributed by atoms with Gasteiger partial charge in [0.05, 0.1) is 7.11 Å². The van der Waals surface area contributed by atoms with Gasteiger partial charge in [-0.3, -0.25) is 9.59 Å². The van der Waals surface area contributed by atoms with Crippen LogP contribution in [0, 0.1) is 0 Å². The Morgan fingerprint density at radius 3 is 2.45 bits per heavy atom. The van der Waals surface area contributed by atoms with E-state index >= 15 is 0 Å². The second-order valence-electron chi connectivity index (χ2n) is 4.81. The van der Waals surface area contributed by atoms with Gasteiger partial charge in [-0.15, -0.1) is 0 Å². The smallest absolute Gasteiger partial charge is 0.289 e. The molecule has 116 valence electrons. The Morgan fingerprint density at radius 1 is 1.23 bits per heavy atom. The second kappa shape index (κ2) is 6.80. The van der Waals surface area contributed by atoms with Gasteiger partial charge in [0.15, 0.2) is 5.76 Å². The topological polar surface area (TPSA) is 69.0 Å². The van der Waals surface area contributed by atoms with Crippen molar-refractivity contribution >= 4 is 5.91 Å². The molecule has 2 rings (SSSR count). The van der Waals surface area contributed by atoms with Crippen LogP contribution in [0.15, 0.2) is 45.8 Å². The number of hydrogen-bond acceptors (Lipinski definition) is 5. The van der Waals surface area contributed by atoms with Crippen LogP contribution in [0.2, 0.25) is 0 Å². The molecule has 22 heavy (non-hydrogen) atoms. The minimum absolute atomic E-state index is 0.0215. The molecule has 0 aliphatic heterocycles. The lowest BCUT2D eigenvalue weighted by atomic mass is 10.2. The van der Waals surface area contributed by atoms with E-state index in [0.29, 0.717) is 0 Å². The average Bonchev–Trinajstić information content (AvgIpc) is 2.53. The summed E-state index contributed by atoms with van der Waals surface area (Å²) in [6, 6.07) is 8.42. The summed E-state index contributed by atoms with van der Waals surface area (Å²) in [7, 11) is 4.75. The minimum atomic E-state index is -0.398. The number of methoxy groups -OCH3 is 1. The van der Waals surface area contributed by atoms with Crippen molar-refractivity contribution in [2.24, 2.45) is 0 Å². The Labute approximate surface area is 127 Å². The highest BCUT2D eigenvalue weighted by atomic mass is 16.5. The molecule has 0 aliphatic rings. The Bertz CT molecular complexity index is 703. The lowest BCUT2D eigenvalue weighted by Gasteiger charge is -2.09. The van der Waals surface area contributed by atoms with Crippen LogP contribution >= 0.6 is 0 Å². The van der Waals surface area contributed by atoms with Crippen molar-refractivity contribution in [2.75, 3.05) is 21.2 Å². The Kier molecular flexibility index (Phi) is 4.83. The molecule has 1 heterocycles. The van der Waals surface area contributed by atoms with E-state index in [1.54, 1.807) is 33.3 Å². The largest absolute Gasteiger partial charge is 0.497 e. The van der Waals surface area contributed by atoms with Gasteiger partial charge in [0.2, 0.25) is 11.2 Å². The number of carbonyl (C=O) groups is 1. The van der Waals surface area contributed by atoms with Crippen LogP contribution in [0.3, 0.4) is 0 Å². The van der Waals surface area contributed by atoms with Gasteiger partial charge in [0.1, 0.15) is 18.6 Å². The van der Waals surface area contributed by atoms with Gasteiger partial charge in [0, 0.05) is 20.2 Å². The van der Waals surface area contributed by atoms with Crippen LogP contribution < -0.4 is 14.9 Å². The summed E-state index contributed by atoms with van der Waals surface area (Å²) < 4.78 is 15.6. The van der Waals surface area contributed by atoms with Crippen molar-refractivity contribution in [3.05, 3.63) is 58.1 Å². The fourth-order valence-corrected chi connectivity index (χ4v) is 1.72. The van der Waals surface area contributed by atoms with E-state index in [1.807, 2.05) is 12.1 Å². The number of hydrogen-bond donors (Lipinski definition) is 0.